The largest absolute Gasteiger partial charge is 0.455 e. The Bertz CT molecular complexity index is 1570. The molecular formula is C30H26ClN3O2. The van der Waals surface area contributed by atoms with Crippen molar-refractivity contribution < 1.29 is 9.53 Å². The Labute approximate surface area is 215 Å². The molecule has 3 aromatic carbocycles. The van der Waals surface area contributed by atoms with Crippen molar-refractivity contribution in [2.75, 3.05) is 5.32 Å². The van der Waals surface area contributed by atoms with Crippen LogP contribution in [-0.2, 0) is 11.2 Å². The highest BCUT2D eigenvalue weighted by Crippen LogP contribution is 2.33. The minimum absolute atomic E-state index is 0.129. The summed E-state index contributed by atoms with van der Waals surface area (Å²) in [6, 6.07) is 24.9. The molecule has 1 amide bonds. The zero-order chi connectivity index (χ0) is 25.2. The summed E-state index contributed by atoms with van der Waals surface area (Å²) in [5.41, 5.74) is 7.39. The van der Waals surface area contributed by atoms with Crippen molar-refractivity contribution in [1.29, 1.82) is 0 Å². The summed E-state index contributed by atoms with van der Waals surface area (Å²) < 4.78 is 8.01. The molecule has 0 bridgehead atoms. The molecule has 0 aliphatic heterocycles. The Balaban J connectivity index is 1.49. The predicted octanol–water partition coefficient (Wildman–Crippen LogP) is 7.55. The number of anilines is 1. The minimum atomic E-state index is -0.191. The quantitative estimate of drug-likeness (QED) is 0.264. The Kier molecular flexibility index (Phi) is 6.49. The van der Waals surface area contributed by atoms with Crippen LogP contribution < -0.4 is 10.1 Å². The number of rotatable bonds is 6. The van der Waals surface area contributed by atoms with Crippen molar-refractivity contribution in [3.8, 4) is 22.8 Å². The number of fused-ring (bicyclic) bond motifs is 1. The van der Waals surface area contributed by atoms with E-state index in [2.05, 4.69) is 37.4 Å². The standard InChI is InChI=1S/C30H26ClN3O2/c1-19-11-12-22(16-21(19)3)29-26(34-15-7-8-20(2)30(34)33-29)18-28(35)32-25-17-23(31)13-14-27(25)36-24-9-5-4-6-10-24/h4-17H,18H2,1-3H3,(H,32,35). The predicted molar refractivity (Wildman–Crippen MR) is 145 cm³/mol. The van der Waals surface area contributed by atoms with Gasteiger partial charge in [-0.15, -0.1) is 0 Å². The second kappa shape index (κ2) is 9.88. The van der Waals surface area contributed by atoms with Crippen LogP contribution in [0.25, 0.3) is 16.9 Å². The summed E-state index contributed by atoms with van der Waals surface area (Å²) >= 11 is 6.25. The minimum Gasteiger partial charge on any atom is -0.455 e. The highest BCUT2D eigenvalue weighted by Gasteiger charge is 2.19. The van der Waals surface area contributed by atoms with Crippen molar-refractivity contribution in [3.05, 3.63) is 112 Å². The molecule has 0 fully saturated rings. The lowest BCUT2D eigenvalue weighted by Crippen LogP contribution is -2.16. The summed E-state index contributed by atoms with van der Waals surface area (Å²) in [5, 5.41) is 3.51. The van der Waals surface area contributed by atoms with E-state index in [9.17, 15) is 4.79 Å². The lowest BCUT2D eigenvalue weighted by atomic mass is 10.0. The maximum absolute atomic E-state index is 13.4. The van der Waals surface area contributed by atoms with Gasteiger partial charge in [-0.25, -0.2) is 4.98 Å². The van der Waals surface area contributed by atoms with Gasteiger partial charge in [-0.3, -0.25) is 4.79 Å². The summed E-state index contributed by atoms with van der Waals surface area (Å²) in [4.78, 5) is 18.3. The van der Waals surface area contributed by atoms with Gasteiger partial charge in [-0.1, -0.05) is 48.0 Å². The number of hydrogen-bond donors (Lipinski definition) is 1. The van der Waals surface area contributed by atoms with Crippen molar-refractivity contribution >= 4 is 28.8 Å². The van der Waals surface area contributed by atoms with Crippen LogP contribution in [0.5, 0.6) is 11.5 Å². The number of pyridine rings is 1. The molecule has 0 atom stereocenters. The summed E-state index contributed by atoms with van der Waals surface area (Å²) in [6.07, 6.45) is 2.08. The number of ether oxygens (including phenoxy) is 1. The van der Waals surface area contributed by atoms with Crippen LogP contribution >= 0.6 is 11.6 Å². The number of carbonyl (C=O) groups excluding carboxylic acids is 1. The van der Waals surface area contributed by atoms with E-state index in [-0.39, 0.29) is 12.3 Å². The van der Waals surface area contributed by atoms with E-state index in [1.807, 2.05) is 60.0 Å². The molecule has 1 N–H and O–H groups in total. The van der Waals surface area contributed by atoms with E-state index in [1.165, 1.54) is 11.1 Å². The van der Waals surface area contributed by atoms with E-state index in [0.717, 1.165) is 28.2 Å². The maximum Gasteiger partial charge on any atom is 0.230 e. The molecule has 180 valence electrons. The Morgan fingerprint density at radius 3 is 2.50 bits per heavy atom. The molecule has 5 nitrogen and oxygen atoms in total. The van der Waals surface area contributed by atoms with Crippen LogP contribution in [0.1, 0.15) is 22.4 Å². The fraction of sp³-hybridized carbons (Fsp3) is 0.133. The maximum atomic E-state index is 13.4. The number of benzene rings is 3. The number of hydrogen-bond acceptors (Lipinski definition) is 3. The van der Waals surface area contributed by atoms with Crippen LogP contribution in [0, 0.1) is 20.8 Å². The van der Waals surface area contributed by atoms with Gasteiger partial charge < -0.3 is 14.5 Å². The smallest absolute Gasteiger partial charge is 0.230 e. The Morgan fingerprint density at radius 2 is 1.72 bits per heavy atom. The number of carbonyl (C=O) groups is 1. The topological polar surface area (TPSA) is 55.6 Å². The van der Waals surface area contributed by atoms with Gasteiger partial charge in [0.05, 0.1) is 23.5 Å². The number of aryl methyl sites for hydroxylation is 3. The van der Waals surface area contributed by atoms with Crippen LogP contribution in [0.2, 0.25) is 5.02 Å². The summed E-state index contributed by atoms with van der Waals surface area (Å²) in [7, 11) is 0. The fourth-order valence-electron chi connectivity index (χ4n) is 4.19. The molecule has 0 unspecified atom stereocenters. The van der Waals surface area contributed by atoms with Gasteiger partial charge in [0.15, 0.2) is 5.75 Å². The molecule has 0 spiro atoms. The number of imidazole rings is 1. The van der Waals surface area contributed by atoms with Crippen LogP contribution in [0.3, 0.4) is 0 Å². The second-order valence-electron chi connectivity index (χ2n) is 8.87. The molecule has 0 aliphatic carbocycles. The summed E-state index contributed by atoms with van der Waals surface area (Å²) in [6.45, 7) is 6.19. The fourth-order valence-corrected chi connectivity index (χ4v) is 4.36. The van der Waals surface area contributed by atoms with E-state index < -0.39 is 0 Å². The van der Waals surface area contributed by atoms with Crippen molar-refractivity contribution in [3.63, 3.8) is 0 Å². The molecular weight excluding hydrogens is 470 g/mol. The average molecular weight is 496 g/mol. The molecule has 6 heteroatoms. The third-order valence-corrected chi connectivity index (χ3v) is 6.47. The number of halogens is 1. The average Bonchev–Trinajstić information content (AvgIpc) is 3.23. The second-order valence-corrected chi connectivity index (χ2v) is 9.31. The molecule has 36 heavy (non-hydrogen) atoms. The molecule has 5 rings (SSSR count). The number of aromatic nitrogens is 2. The van der Waals surface area contributed by atoms with Gasteiger partial charge in [0.1, 0.15) is 11.4 Å². The van der Waals surface area contributed by atoms with E-state index >= 15 is 0 Å². The Hall–Kier alpha value is -4.09. The highest BCUT2D eigenvalue weighted by molar-refractivity contribution is 6.31. The molecule has 0 saturated carbocycles. The molecule has 2 aromatic heterocycles. The lowest BCUT2D eigenvalue weighted by Gasteiger charge is -2.13. The van der Waals surface area contributed by atoms with E-state index in [0.29, 0.717) is 22.2 Å². The number of nitrogens with zero attached hydrogens (tertiary/aromatic N) is 2. The van der Waals surface area contributed by atoms with Crippen LogP contribution in [0.4, 0.5) is 5.69 Å². The first-order chi connectivity index (χ1) is 17.4. The SMILES string of the molecule is Cc1ccc(-c2nc3c(C)cccn3c2CC(=O)Nc2cc(Cl)ccc2Oc2ccccc2)cc1C. The van der Waals surface area contributed by atoms with Gasteiger partial charge in [0.25, 0.3) is 0 Å². The summed E-state index contributed by atoms with van der Waals surface area (Å²) in [5.74, 6) is 0.996. The van der Waals surface area contributed by atoms with Crippen molar-refractivity contribution in [2.24, 2.45) is 0 Å². The van der Waals surface area contributed by atoms with Gasteiger partial charge in [-0.05, 0) is 79.9 Å². The highest BCUT2D eigenvalue weighted by atomic mass is 35.5. The molecule has 0 saturated heterocycles. The van der Waals surface area contributed by atoms with Crippen molar-refractivity contribution in [2.45, 2.75) is 27.2 Å². The molecule has 5 aromatic rings. The van der Waals surface area contributed by atoms with Crippen molar-refractivity contribution in [1.82, 2.24) is 9.38 Å². The monoisotopic (exact) mass is 495 g/mol. The zero-order valence-corrected chi connectivity index (χ0v) is 21.1. The normalized spacial score (nSPS) is 11.0. The van der Waals surface area contributed by atoms with E-state index in [4.69, 9.17) is 21.3 Å². The molecule has 2 heterocycles. The first-order valence-corrected chi connectivity index (χ1v) is 12.1. The molecule has 0 aliphatic rings. The van der Waals surface area contributed by atoms with Gasteiger partial charge in [0, 0.05) is 16.8 Å². The Morgan fingerprint density at radius 1 is 0.917 bits per heavy atom. The van der Waals surface area contributed by atoms with Crippen LogP contribution in [0.15, 0.2) is 85.1 Å². The first-order valence-electron chi connectivity index (χ1n) is 11.8. The lowest BCUT2D eigenvalue weighted by molar-refractivity contribution is -0.115. The van der Waals surface area contributed by atoms with Gasteiger partial charge in [-0.2, -0.15) is 0 Å². The number of para-hydroxylation sites is 1. The first kappa shape index (κ1) is 23.6. The van der Waals surface area contributed by atoms with Gasteiger partial charge >= 0.3 is 0 Å². The van der Waals surface area contributed by atoms with E-state index in [1.54, 1.807) is 18.2 Å². The molecule has 0 radical (unpaired) electrons. The van der Waals surface area contributed by atoms with Gasteiger partial charge in [0.2, 0.25) is 5.91 Å². The number of amides is 1. The van der Waals surface area contributed by atoms with Crippen LogP contribution in [-0.4, -0.2) is 15.3 Å². The zero-order valence-electron chi connectivity index (χ0n) is 20.4. The number of nitrogens with one attached hydrogen (secondary N) is 1. The third kappa shape index (κ3) is 4.83. The third-order valence-electron chi connectivity index (χ3n) is 6.24.